The first-order chi connectivity index (χ1) is 3.31. The molecule has 7 heavy (non-hydrogen) atoms. The van der Waals surface area contributed by atoms with Crippen molar-refractivity contribution in [2.75, 3.05) is 7.05 Å². The summed E-state index contributed by atoms with van der Waals surface area (Å²) in [5, 5.41) is 0.544. The van der Waals surface area contributed by atoms with Gasteiger partial charge in [-0.25, -0.2) is 0 Å². The molecular formula is C5H8ClN. The van der Waals surface area contributed by atoms with Crippen LogP contribution < -0.4 is 0 Å². The normalized spacial score (nSPS) is 13.3. The van der Waals surface area contributed by atoms with E-state index >= 15 is 0 Å². The summed E-state index contributed by atoms with van der Waals surface area (Å²) in [6, 6.07) is 0. The van der Waals surface area contributed by atoms with E-state index in [9.17, 15) is 0 Å². The Morgan fingerprint density at radius 1 is 1.71 bits per heavy atom. The molecule has 0 radical (unpaired) electrons. The van der Waals surface area contributed by atoms with Gasteiger partial charge < -0.3 is 0 Å². The van der Waals surface area contributed by atoms with Gasteiger partial charge in [0, 0.05) is 7.05 Å². The zero-order chi connectivity index (χ0) is 5.70. The van der Waals surface area contributed by atoms with E-state index in [0.717, 1.165) is 0 Å². The molecule has 0 N–H and O–H groups in total. The molecule has 0 saturated carbocycles. The van der Waals surface area contributed by atoms with Gasteiger partial charge >= 0.3 is 0 Å². The molecule has 0 bridgehead atoms. The lowest BCUT2D eigenvalue weighted by Crippen LogP contribution is -1.74. The van der Waals surface area contributed by atoms with Crippen molar-refractivity contribution in [3.63, 3.8) is 0 Å². The Hall–Kier alpha value is -0.300. The van der Waals surface area contributed by atoms with Crippen LogP contribution in [0.25, 0.3) is 0 Å². The van der Waals surface area contributed by atoms with E-state index in [2.05, 4.69) is 4.99 Å². The minimum Gasteiger partial charge on any atom is -0.277 e. The van der Waals surface area contributed by atoms with E-state index < -0.39 is 0 Å². The number of halogens is 1. The number of aliphatic imine (C=N–C) groups is 1. The topological polar surface area (TPSA) is 12.4 Å². The lowest BCUT2D eigenvalue weighted by molar-refractivity contribution is 1.47. The van der Waals surface area contributed by atoms with Gasteiger partial charge in [0.1, 0.15) is 5.17 Å². The van der Waals surface area contributed by atoms with Crippen molar-refractivity contribution in [3.8, 4) is 0 Å². The molecule has 0 saturated heterocycles. The number of nitrogens with zero attached hydrogens (tertiary/aromatic N) is 1. The molecule has 40 valence electrons. The fourth-order valence-electron chi connectivity index (χ4n) is 0.212. The summed E-state index contributed by atoms with van der Waals surface area (Å²) in [5.74, 6) is 0. The minimum atomic E-state index is 0.544. The van der Waals surface area contributed by atoms with Crippen molar-refractivity contribution in [2.24, 2.45) is 4.99 Å². The summed E-state index contributed by atoms with van der Waals surface area (Å²) in [7, 11) is 1.66. The molecule has 1 nitrogen and oxygen atoms in total. The first kappa shape index (κ1) is 6.70. The van der Waals surface area contributed by atoms with Crippen molar-refractivity contribution in [3.05, 3.63) is 12.2 Å². The highest BCUT2D eigenvalue weighted by atomic mass is 35.5. The van der Waals surface area contributed by atoms with Crippen LogP contribution >= 0.6 is 11.6 Å². The van der Waals surface area contributed by atoms with E-state index in [1.807, 2.05) is 13.0 Å². The number of rotatable bonds is 1. The minimum absolute atomic E-state index is 0.544. The number of hydrogen-bond donors (Lipinski definition) is 0. The average Bonchev–Trinajstić information content (AvgIpc) is 1.68. The molecule has 0 aliphatic carbocycles. The summed E-state index contributed by atoms with van der Waals surface area (Å²) in [6.07, 6.45) is 3.58. The third-order valence-electron chi connectivity index (χ3n) is 0.518. The monoisotopic (exact) mass is 117 g/mol. The maximum absolute atomic E-state index is 5.43. The highest BCUT2D eigenvalue weighted by Gasteiger charge is 1.75. The fourth-order valence-corrected chi connectivity index (χ4v) is 0.338. The number of hydrogen-bond acceptors (Lipinski definition) is 1. The molecule has 2 heteroatoms. The van der Waals surface area contributed by atoms with Crippen molar-refractivity contribution < 1.29 is 0 Å². The third-order valence-corrected chi connectivity index (χ3v) is 0.813. The van der Waals surface area contributed by atoms with Crippen LogP contribution in [-0.4, -0.2) is 12.2 Å². The molecule has 0 atom stereocenters. The van der Waals surface area contributed by atoms with Crippen LogP contribution in [0.5, 0.6) is 0 Å². The Labute approximate surface area is 48.7 Å². The molecule has 0 aliphatic rings. The SMILES string of the molecule is C/C=C/C(Cl)=NC. The molecule has 0 spiro atoms. The third kappa shape index (κ3) is 3.53. The molecule has 0 unspecified atom stereocenters. The van der Waals surface area contributed by atoms with Gasteiger partial charge in [0.05, 0.1) is 0 Å². The largest absolute Gasteiger partial charge is 0.277 e. The van der Waals surface area contributed by atoms with Gasteiger partial charge in [0.15, 0.2) is 0 Å². The van der Waals surface area contributed by atoms with Crippen molar-refractivity contribution in [2.45, 2.75) is 6.92 Å². The zero-order valence-corrected chi connectivity index (χ0v) is 5.24. The van der Waals surface area contributed by atoms with Crippen molar-refractivity contribution >= 4 is 16.8 Å². The van der Waals surface area contributed by atoms with Crippen LogP contribution in [-0.2, 0) is 0 Å². The first-order valence-electron chi connectivity index (χ1n) is 2.06. The molecule has 0 aromatic rings. The van der Waals surface area contributed by atoms with Crippen LogP contribution in [0, 0.1) is 0 Å². The van der Waals surface area contributed by atoms with Gasteiger partial charge in [-0.1, -0.05) is 17.7 Å². The molecule has 0 heterocycles. The Balaban J connectivity index is 3.58. The predicted octanol–water partition coefficient (Wildman–Crippen LogP) is 1.83. The van der Waals surface area contributed by atoms with Crippen LogP contribution in [0.2, 0.25) is 0 Å². The Bertz CT molecular complexity index is 94.3. The van der Waals surface area contributed by atoms with Gasteiger partial charge in [-0.05, 0) is 13.0 Å². The Morgan fingerprint density at radius 2 is 2.29 bits per heavy atom. The van der Waals surface area contributed by atoms with Gasteiger partial charge in [-0.3, -0.25) is 4.99 Å². The highest BCUT2D eigenvalue weighted by molar-refractivity contribution is 6.68. The lowest BCUT2D eigenvalue weighted by atomic mass is 10.6. The van der Waals surface area contributed by atoms with E-state index in [4.69, 9.17) is 11.6 Å². The molecular weight excluding hydrogens is 110 g/mol. The van der Waals surface area contributed by atoms with E-state index in [1.165, 1.54) is 0 Å². The van der Waals surface area contributed by atoms with Gasteiger partial charge in [-0.2, -0.15) is 0 Å². The van der Waals surface area contributed by atoms with Crippen molar-refractivity contribution in [1.29, 1.82) is 0 Å². The Morgan fingerprint density at radius 3 is 2.43 bits per heavy atom. The van der Waals surface area contributed by atoms with E-state index in [-0.39, 0.29) is 0 Å². The van der Waals surface area contributed by atoms with Gasteiger partial charge in [0.2, 0.25) is 0 Å². The average molecular weight is 118 g/mol. The first-order valence-corrected chi connectivity index (χ1v) is 2.44. The Kier molecular flexibility index (Phi) is 3.71. The van der Waals surface area contributed by atoms with Gasteiger partial charge in [-0.15, -0.1) is 0 Å². The molecule has 0 amide bonds. The summed E-state index contributed by atoms with van der Waals surface area (Å²) < 4.78 is 0. The van der Waals surface area contributed by atoms with Crippen LogP contribution in [0.15, 0.2) is 17.1 Å². The van der Waals surface area contributed by atoms with Crippen molar-refractivity contribution in [1.82, 2.24) is 0 Å². The lowest BCUT2D eigenvalue weighted by Gasteiger charge is -1.77. The molecule has 0 aromatic heterocycles. The van der Waals surface area contributed by atoms with E-state index in [0.29, 0.717) is 5.17 Å². The molecule has 0 fully saturated rings. The van der Waals surface area contributed by atoms with E-state index in [1.54, 1.807) is 13.1 Å². The second-order valence-corrected chi connectivity index (χ2v) is 1.43. The van der Waals surface area contributed by atoms with Crippen LogP contribution in [0.4, 0.5) is 0 Å². The number of allylic oxidation sites excluding steroid dienone is 2. The standard InChI is InChI=1S/C5H8ClN/c1-3-4-5(6)7-2/h3-4H,1-2H3/b4-3+,7-5?. The highest BCUT2D eigenvalue weighted by Crippen LogP contribution is 1.84. The second kappa shape index (κ2) is 3.88. The maximum Gasteiger partial charge on any atom is 0.122 e. The molecule has 0 rings (SSSR count). The smallest absolute Gasteiger partial charge is 0.122 e. The quantitative estimate of drug-likeness (QED) is 0.465. The zero-order valence-electron chi connectivity index (χ0n) is 4.48. The van der Waals surface area contributed by atoms with Gasteiger partial charge in [0.25, 0.3) is 0 Å². The molecule has 0 aromatic carbocycles. The second-order valence-electron chi connectivity index (χ2n) is 1.05. The summed E-state index contributed by atoms with van der Waals surface area (Å²) >= 11 is 5.43. The summed E-state index contributed by atoms with van der Waals surface area (Å²) in [4.78, 5) is 3.67. The summed E-state index contributed by atoms with van der Waals surface area (Å²) in [6.45, 7) is 1.90. The maximum atomic E-state index is 5.43. The predicted molar refractivity (Wildman–Crippen MR) is 34.0 cm³/mol. The summed E-state index contributed by atoms with van der Waals surface area (Å²) in [5.41, 5.74) is 0. The molecule has 0 aliphatic heterocycles. The van der Waals surface area contributed by atoms with Crippen LogP contribution in [0.3, 0.4) is 0 Å². The van der Waals surface area contributed by atoms with Crippen LogP contribution in [0.1, 0.15) is 6.92 Å². The fraction of sp³-hybridized carbons (Fsp3) is 0.400.